The number of hydrogen-bond donors (Lipinski definition) is 0. The maximum Gasteiger partial charge on any atom is 0.272 e. The Balaban J connectivity index is 1.40. The molecule has 0 N–H and O–H groups in total. The second-order valence-corrected chi connectivity index (χ2v) is 9.09. The molecule has 1 fully saturated rings. The lowest BCUT2D eigenvalue weighted by molar-refractivity contribution is -0.128. The number of thiophene rings is 1. The fourth-order valence-corrected chi connectivity index (χ4v) is 5.27. The number of carbonyl (C=O) groups excluding carboxylic acids is 1. The first kappa shape index (κ1) is 20.7. The van der Waals surface area contributed by atoms with Gasteiger partial charge < -0.3 is 9.80 Å². The Morgan fingerprint density at radius 1 is 1.27 bits per heavy atom. The van der Waals surface area contributed by atoms with Crippen molar-refractivity contribution in [2.75, 3.05) is 36.8 Å². The standard InChI is InChI=1S/C22H24N4O2S2/c1-3-8-26-21(28)20-18(7-13-29-20)23-22(26)30-15-19(27)25-11-9-24(10-12-25)17-6-4-5-16(2)14-17/h3-7,13-14H,1,8-12,15H2,2H3. The van der Waals surface area contributed by atoms with Gasteiger partial charge in [0.1, 0.15) is 4.70 Å². The molecule has 8 heteroatoms. The molecular weight excluding hydrogens is 416 g/mol. The molecule has 1 saturated heterocycles. The monoisotopic (exact) mass is 440 g/mol. The van der Waals surface area contributed by atoms with Crippen LogP contribution in [0.5, 0.6) is 0 Å². The molecule has 156 valence electrons. The van der Waals surface area contributed by atoms with Crippen LogP contribution in [0, 0.1) is 6.92 Å². The molecule has 0 bridgehead atoms. The number of rotatable bonds is 6. The van der Waals surface area contributed by atoms with Gasteiger partial charge >= 0.3 is 0 Å². The van der Waals surface area contributed by atoms with Gasteiger partial charge in [-0.2, -0.15) is 0 Å². The van der Waals surface area contributed by atoms with E-state index in [1.807, 2.05) is 16.3 Å². The number of carbonyl (C=O) groups is 1. The Bertz CT molecular complexity index is 1130. The SMILES string of the molecule is C=CCn1c(SCC(=O)N2CCN(c3cccc(C)c3)CC2)nc2ccsc2c1=O. The Hall–Kier alpha value is -2.58. The molecule has 0 spiro atoms. The molecule has 0 saturated carbocycles. The van der Waals surface area contributed by atoms with E-state index < -0.39 is 0 Å². The number of aryl methyl sites for hydroxylation is 1. The molecule has 4 rings (SSSR count). The normalized spacial score (nSPS) is 14.3. The summed E-state index contributed by atoms with van der Waals surface area (Å²) in [6, 6.07) is 10.3. The number of nitrogens with zero attached hydrogens (tertiary/aromatic N) is 4. The maximum absolute atomic E-state index is 12.8. The number of benzene rings is 1. The Morgan fingerprint density at radius 2 is 2.07 bits per heavy atom. The number of fused-ring (bicyclic) bond motifs is 1. The number of thioether (sulfide) groups is 1. The second-order valence-electron chi connectivity index (χ2n) is 7.23. The van der Waals surface area contributed by atoms with E-state index in [-0.39, 0.29) is 17.2 Å². The van der Waals surface area contributed by atoms with Crippen LogP contribution < -0.4 is 10.5 Å². The largest absolute Gasteiger partial charge is 0.368 e. The van der Waals surface area contributed by atoms with Crippen LogP contribution in [0.15, 0.2) is 58.3 Å². The van der Waals surface area contributed by atoms with Crippen molar-refractivity contribution < 1.29 is 4.79 Å². The van der Waals surface area contributed by atoms with E-state index in [0.717, 1.165) is 13.1 Å². The van der Waals surface area contributed by atoms with E-state index in [4.69, 9.17) is 0 Å². The zero-order valence-corrected chi connectivity index (χ0v) is 18.5. The van der Waals surface area contributed by atoms with E-state index in [2.05, 4.69) is 47.7 Å². The number of aromatic nitrogens is 2. The summed E-state index contributed by atoms with van der Waals surface area (Å²) in [5.41, 5.74) is 3.06. The quantitative estimate of drug-likeness (QED) is 0.334. The molecule has 1 amide bonds. The molecule has 1 aliphatic heterocycles. The minimum absolute atomic E-state index is 0.0726. The van der Waals surface area contributed by atoms with E-state index >= 15 is 0 Å². The van der Waals surface area contributed by atoms with Crippen LogP contribution in [0.4, 0.5) is 5.69 Å². The zero-order chi connectivity index (χ0) is 21.1. The summed E-state index contributed by atoms with van der Waals surface area (Å²) in [5, 5.41) is 2.43. The van der Waals surface area contributed by atoms with Gasteiger partial charge in [-0.15, -0.1) is 17.9 Å². The number of allylic oxidation sites excluding steroid dienone is 1. The van der Waals surface area contributed by atoms with Gasteiger partial charge in [0.15, 0.2) is 5.16 Å². The Kier molecular flexibility index (Phi) is 6.24. The summed E-state index contributed by atoms with van der Waals surface area (Å²) in [5.74, 6) is 0.345. The Morgan fingerprint density at radius 3 is 2.80 bits per heavy atom. The zero-order valence-electron chi connectivity index (χ0n) is 16.9. The molecule has 0 atom stereocenters. The first-order chi connectivity index (χ1) is 14.6. The summed E-state index contributed by atoms with van der Waals surface area (Å²) >= 11 is 2.71. The lowest BCUT2D eigenvalue weighted by Gasteiger charge is -2.36. The summed E-state index contributed by atoms with van der Waals surface area (Å²) < 4.78 is 2.24. The smallest absolute Gasteiger partial charge is 0.272 e. The van der Waals surface area contributed by atoms with Gasteiger partial charge in [0.25, 0.3) is 5.56 Å². The van der Waals surface area contributed by atoms with Gasteiger partial charge in [0.2, 0.25) is 5.91 Å². The summed E-state index contributed by atoms with van der Waals surface area (Å²) in [6.45, 7) is 9.25. The summed E-state index contributed by atoms with van der Waals surface area (Å²) in [4.78, 5) is 34.3. The van der Waals surface area contributed by atoms with Crippen LogP contribution in [0.1, 0.15) is 5.56 Å². The molecule has 1 aromatic carbocycles. The third-order valence-electron chi connectivity index (χ3n) is 5.17. The van der Waals surface area contributed by atoms with Crippen LogP contribution in [0.3, 0.4) is 0 Å². The highest BCUT2D eigenvalue weighted by atomic mass is 32.2. The average molecular weight is 441 g/mol. The highest BCUT2D eigenvalue weighted by molar-refractivity contribution is 7.99. The number of amides is 1. The van der Waals surface area contributed by atoms with E-state index in [1.165, 1.54) is 34.3 Å². The van der Waals surface area contributed by atoms with Crippen molar-refractivity contribution in [3.05, 3.63) is 64.3 Å². The average Bonchev–Trinajstić information content (AvgIpc) is 3.23. The summed E-state index contributed by atoms with van der Waals surface area (Å²) in [6.07, 6.45) is 1.68. The van der Waals surface area contributed by atoms with Crippen molar-refractivity contribution in [1.82, 2.24) is 14.5 Å². The third-order valence-corrected chi connectivity index (χ3v) is 7.02. The first-order valence-corrected chi connectivity index (χ1v) is 11.7. The number of hydrogen-bond acceptors (Lipinski definition) is 6. The van der Waals surface area contributed by atoms with Crippen LogP contribution in [0.2, 0.25) is 0 Å². The van der Waals surface area contributed by atoms with E-state index in [1.54, 1.807) is 10.6 Å². The lowest BCUT2D eigenvalue weighted by Crippen LogP contribution is -2.49. The topological polar surface area (TPSA) is 58.4 Å². The van der Waals surface area contributed by atoms with Crippen LogP contribution in [-0.2, 0) is 11.3 Å². The second kappa shape index (κ2) is 9.06. The van der Waals surface area contributed by atoms with Gasteiger partial charge in [-0.1, -0.05) is 30.0 Å². The summed E-state index contributed by atoms with van der Waals surface area (Å²) in [7, 11) is 0. The lowest BCUT2D eigenvalue weighted by atomic mass is 10.2. The molecule has 2 aromatic heterocycles. The van der Waals surface area contributed by atoms with Gasteiger partial charge in [-0.25, -0.2) is 4.98 Å². The first-order valence-electron chi connectivity index (χ1n) is 9.88. The predicted octanol–water partition coefficient (Wildman–Crippen LogP) is 3.39. The fraction of sp³-hybridized carbons (Fsp3) is 0.318. The van der Waals surface area contributed by atoms with E-state index in [0.29, 0.717) is 35.0 Å². The molecule has 3 aromatic rings. The third kappa shape index (κ3) is 4.29. The molecule has 0 aliphatic carbocycles. The van der Waals surface area contributed by atoms with Gasteiger partial charge in [-0.05, 0) is 36.1 Å². The van der Waals surface area contributed by atoms with E-state index in [9.17, 15) is 9.59 Å². The van der Waals surface area contributed by atoms with Crippen molar-refractivity contribution in [2.24, 2.45) is 0 Å². The van der Waals surface area contributed by atoms with Crippen LogP contribution >= 0.6 is 23.1 Å². The predicted molar refractivity (Wildman–Crippen MR) is 125 cm³/mol. The number of anilines is 1. The maximum atomic E-state index is 12.8. The molecule has 1 aliphatic rings. The molecule has 6 nitrogen and oxygen atoms in total. The van der Waals surface area contributed by atoms with Gasteiger partial charge in [0, 0.05) is 38.4 Å². The molecular formula is C22H24N4O2S2. The van der Waals surface area contributed by atoms with Crippen molar-refractivity contribution in [3.63, 3.8) is 0 Å². The van der Waals surface area contributed by atoms with Crippen molar-refractivity contribution in [3.8, 4) is 0 Å². The highest BCUT2D eigenvalue weighted by Gasteiger charge is 2.22. The Labute approximate surface area is 183 Å². The number of piperazine rings is 1. The minimum atomic E-state index is -0.0726. The van der Waals surface area contributed by atoms with Crippen molar-refractivity contribution in [1.29, 1.82) is 0 Å². The highest BCUT2D eigenvalue weighted by Crippen LogP contribution is 2.22. The van der Waals surface area contributed by atoms with Crippen molar-refractivity contribution >= 4 is 44.9 Å². The van der Waals surface area contributed by atoms with Crippen molar-refractivity contribution in [2.45, 2.75) is 18.6 Å². The van der Waals surface area contributed by atoms with Gasteiger partial charge in [-0.3, -0.25) is 14.2 Å². The molecule has 3 heterocycles. The molecule has 30 heavy (non-hydrogen) atoms. The fourth-order valence-electron chi connectivity index (χ4n) is 3.58. The van der Waals surface area contributed by atoms with Crippen LogP contribution in [-0.4, -0.2) is 52.3 Å². The minimum Gasteiger partial charge on any atom is -0.368 e. The molecule has 0 unspecified atom stereocenters. The van der Waals surface area contributed by atoms with Gasteiger partial charge in [0.05, 0.1) is 11.3 Å². The van der Waals surface area contributed by atoms with Crippen LogP contribution in [0.25, 0.3) is 10.2 Å². The molecule has 0 radical (unpaired) electrons.